The van der Waals surface area contributed by atoms with E-state index in [4.69, 9.17) is 4.74 Å². The third kappa shape index (κ3) is 6.98. The van der Waals surface area contributed by atoms with Crippen LogP contribution >= 0.6 is 0 Å². The van der Waals surface area contributed by atoms with Gasteiger partial charge in [0.25, 0.3) is 0 Å². The van der Waals surface area contributed by atoms with E-state index in [1.807, 2.05) is 42.6 Å². The molecule has 7 nitrogen and oxygen atoms in total. The molecule has 1 fully saturated rings. The van der Waals surface area contributed by atoms with Gasteiger partial charge in [-0.25, -0.2) is 4.98 Å². The van der Waals surface area contributed by atoms with Crippen LogP contribution in [0.1, 0.15) is 56.2 Å². The molecule has 2 heterocycles. The summed E-state index contributed by atoms with van der Waals surface area (Å²) in [5, 5.41) is 5.79. The maximum atomic E-state index is 12.5. The van der Waals surface area contributed by atoms with Crippen LogP contribution in [0.4, 0.5) is 5.82 Å². The minimum atomic E-state index is -0.396. The zero-order chi connectivity index (χ0) is 22.1. The van der Waals surface area contributed by atoms with E-state index in [1.54, 1.807) is 7.11 Å². The molecule has 2 amide bonds. The number of carbonyl (C=O) groups excluding carboxylic acids is 2. The molecule has 1 atom stereocenters. The van der Waals surface area contributed by atoms with E-state index in [2.05, 4.69) is 20.5 Å². The second-order valence-electron chi connectivity index (χ2n) is 7.93. The second-order valence-corrected chi connectivity index (χ2v) is 7.93. The van der Waals surface area contributed by atoms with Crippen molar-refractivity contribution in [3.05, 3.63) is 53.7 Å². The van der Waals surface area contributed by atoms with Crippen molar-refractivity contribution in [3.63, 3.8) is 0 Å². The summed E-state index contributed by atoms with van der Waals surface area (Å²) in [6.45, 7) is 3.96. The molecule has 2 N–H and O–H groups in total. The van der Waals surface area contributed by atoms with E-state index in [0.29, 0.717) is 6.54 Å². The van der Waals surface area contributed by atoms with Crippen molar-refractivity contribution in [2.75, 3.05) is 25.1 Å². The van der Waals surface area contributed by atoms with Crippen molar-refractivity contribution in [1.82, 2.24) is 15.6 Å². The summed E-state index contributed by atoms with van der Waals surface area (Å²) in [6.07, 6.45) is 6.99. The Balaban J connectivity index is 1.54. The highest BCUT2D eigenvalue weighted by molar-refractivity contribution is 5.79. The Morgan fingerprint density at radius 3 is 2.35 bits per heavy atom. The third-order valence-corrected chi connectivity index (χ3v) is 5.51. The van der Waals surface area contributed by atoms with Gasteiger partial charge in [-0.15, -0.1) is 0 Å². The summed E-state index contributed by atoms with van der Waals surface area (Å²) < 4.78 is 5.18. The monoisotopic (exact) mass is 424 g/mol. The van der Waals surface area contributed by atoms with Crippen LogP contribution in [-0.4, -0.2) is 37.0 Å². The molecular weight excluding hydrogens is 392 g/mol. The van der Waals surface area contributed by atoms with Gasteiger partial charge in [-0.3, -0.25) is 9.59 Å². The molecule has 1 aliphatic rings. The number of nitrogens with zero attached hydrogens (tertiary/aromatic N) is 2. The van der Waals surface area contributed by atoms with Crippen LogP contribution in [0.5, 0.6) is 5.75 Å². The first-order chi connectivity index (χ1) is 15.0. The Morgan fingerprint density at radius 1 is 1.06 bits per heavy atom. The fraction of sp³-hybridized carbons (Fsp3) is 0.458. The predicted molar refractivity (Wildman–Crippen MR) is 121 cm³/mol. The van der Waals surface area contributed by atoms with Crippen LogP contribution in [0, 0.1) is 0 Å². The fourth-order valence-corrected chi connectivity index (χ4v) is 3.80. The number of carbonyl (C=O) groups is 2. The van der Waals surface area contributed by atoms with Crippen molar-refractivity contribution in [3.8, 4) is 5.75 Å². The van der Waals surface area contributed by atoms with Gasteiger partial charge in [-0.2, -0.15) is 0 Å². The van der Waals surface area contributed by atoms with Crippen LogP contribution in [-0.2, 0) is 16.1 Å². The summed E-state index contributed by atoms with van der Waals surface area (Å²) in [6, 6.07) is 11.0. The number of amides is 2. The van der Waals surface area contributed by atoms with Gasteiger partial charge in [0.2, 0.25) is 11.8 Å². The van der Waals surface area contributed by atoms with Crippen molar-refractivity contribution >= 4 is 17.6 Å². The van der Waals surface area contributed by atoms with E-state index in [9.17, 15) is 9.59 Å². The van der Waals surface area contributed by atoms with Gasteiger partial charge >= 0.3 is 0 Å². The number of nitrogens with one attached hydrogen (secondary N) is 2. The molecular formula is C24H32N4O3. The number of aromatic nitrogens is 1. The summed E-state index contributed by atoms with van der Waals surface area (Å²) in [4.78, 5) is 31.1. The van der Waals surface area contributed by atoms with E-state index in [-0.39, 0.29) is 18.2 Å². The van der Waals surface area contributed by atoms with Crippen molar-refractivity contribution in [2.24, 2.45) is 0 Å². The summed E-state index contributed by atoms with van der Waals surface area (Å²) in [5.41, 5.74) is 1.81. The summed E-state index contributed by atoms with van der Waals surface area (Å²) in [5.74, 6) is 1.42. The smallest absolute Gasteiger partial charge is 0.222 e. The molecule has 2 aromatic rings. The quantitative estimate of drug-likeness (QED) is 0.679. The second kappa shape index (κ2) is 11.3. The van der Waals surface area contributed by atoms with E-state index >= 15 is 0 Å². The Morgan fingerprint density at radius 2 is 1.77 bits per heavy atom. The minimum Gasteiger partial charge on any atom is -0.497 e. The molecule has 0 radical (unpaired) electrons. The number of rotatable bonds is 8. The molecule has 31 heavy (non-hydrogen) atoms. The molecule has 7 heteroatoms. The summed E-state index contributed by atoms with van der Waals surface area (Å²) >= 11 is 0. The highest BCUT2D eigenvalue weighted by Gasteiger charge is 2.17. The molecule has 3 rings (SSSR count). The lowest BCUT2D eigenvalue weighted by molar-refractivity contribution is -0.122. The van der Waals surface area contributed by atoms with Gasteiger partial charge in [0.05, 0.1) is 19.6 Å². The van der Waals surface area contributed by atoms with Gasteiger partial charge in [-0.05, 0) is 42.2 Å². The normalized spacial score (nSPS) is 15.0. The molecule has 1 saturated heterocycles. The lowest BCUT2D eigenvalue weighted by atomic mass is 10.0. The Bertz CT molecular complexity index is 844. The SMILES string of the molecule is COc1ccc([C@H](CC(=O)NCc2ccc(N3CCCCCC3)nc2)NC(C)=O)cc1. The van der Waals surface area contributed by atoms with Gasteiger partial charge < -0.3 is 20.3 Å². The van der Waals surface area contributed by atoms with Crippen LogP contribution in [0.3, 0.4) is 0 Å². The fourth-order valence-electron chi connectivity index (χ4n) is 3.80. The van der Waals surface area contributed by atoms with E-state index < -0.39 is 6.04 Å². The molecule has 1 aromatic heterocycles. The zero-order valence-corrected chi connectivity index (χ0v) is 18.4. The van der Waals surface area contributed by atoms with Gasteiger partial charge in [0.15, 0.2) is 0 Å². The first-order valence-electron chi connectivity index (χ1n) is 10.9. The first kappa shape index (κ1) is 22.6. The molecule has 0 spiro atoms. The molecule has 0 unspecified atom stereocenters. The predicted octanol–water partition coefficient (Wildman–Crippen LogP) is 3.35. The van der Waals surface area contributed by atoms with Crippen molar-refractivity contribution < 1.29 is 14.3 Å². The van der Waals surface area contributed by atoms with Gasteiger partial charge in [-0.1, -0.05) is 31.0 Å². The lowest BCUT2D eigenvalue weighted by Crippen LogP contribution is -2.32. The van der Waals surface area contributed by atoms with E-state index in [0.717, 1.165) is 35.8 Å². The minimum absolute atomic E-state index is 0.133. The number of hydrogen-bond acceptors (Lipinski definition) is 5. The average Bonchev–Trinajstić information content (AvgIpc) is 3.07. The Hall–Kier alpha value is -3.09. The molecule has 166 valence electrons. The standard InChI is InChI=1S/C24H32N4O3/c1-18(29)27-22(20-8-10-21(31-2)11-9-20)15-24(30)26-17-19-7-12-23(25-16-19)28-13-5-3-4-6-14-28/h7-12,16,22H,3-6,13-15,17H2,1-2H3,(H,26,30)(H,27,29)/t22-/m0/s1. The number of hydrogen-bond donors (Lipinski definition) is 2. The lowest BCUT2D eigenvalue weighted by Gasteiger charge is -2.21. The number of methoxy groups -OCH3 is 1. The van der Waals surface area contributed by atoms with Gasteiger partial charge in [0.1, 0.15) is 11.6 Å². The topological polar surface area (TPSA) is 83.6 Å². The number of ether oxygens (including phenoxy) is 1. The van der Waals surface area contributed by atoms with Crippen LogP contribution in [0.25, 0.3) is 0 Å². The van der Waals surface area contributed by atoms with Crippen LogP contribution in [0.2, 0.25) is 0 Å². The van der Waals surface area contributed by atoms with Crippen molar-refractivity contribution in [1.29, 1.82) is 0 Å². The van der Waals surface area contributed by atoms with Crippen LogP contribution < -0.4 is 20.3 Å². The maximum absolute atomic E-state index is 12.5. The number of anilines is 1. The Kier molecular flexibility index (Phi) is 8.27. The Labute approximate surface area is 184 Å². The molecule has 0 aliphatic carbocycles. The highest BCUT2D eigenvalue weighted by atomic mass is 16.5. The third-order valence-electron chi connectivity index (χ3n) is 5.51. The maximum Gasteiger partial charge on any atom is 0.222 e. The number of pyridine rings is 1. The summed E-state index contributed by atoms with van der Waals surface area (Å²) in [7, 11) is 1.60. The van der Waals surface area contributed by atoms with Gasteiger partial charge in [0, 0.05) is 32.8 Å². The van der Waals surface area contributed by atoms with E-state index in [1.165, 1.54) is 32.6 Å². The molecule has 0 saturated carbocycles. The average molecular weight is 425 g/mol. The molecule has 0 bridgehead atoms. The first-order valence-corrected chi connectivity index (χ1v) is 10.9. The van der Waals surface area contributed by atoms with Crippen LogP contribution in [0.15, 0.2) is 42.6 Å². The molecule has 1 aliphatic heterocycles. The zero-order valence-electron chi connectivity index (χ0n) is 18.4. The number of benzene rings is 1. The van der Waals surface area contributed by atoms with Crippen molar-refractivity contribution in [2.45, 2.75) is 51.6 Å². The largest absolute Gasteiger partial charge is 0.497 e. The molecule has 1 aromatic carbocycles. The highest BCUT2D eigenvalue weighted by Crippen LogP contribution is 2.21.